The van der Waals surface area contributed by atoms with Crippen LogP contribution in [0.1, 0.15) is 56.3 Å². The summed E-state index contributed by atoms with van der Waals surface area (Å²) in [4.78, 5) is 14.7. The zero-order valence-electron chi connectivity index (χ0n) is 15.9. The number of hydrogen-bond acceptors (Lipinski definition) is 2. The van der Waals surface area contributed by atoms with Crippen molar-refractivity contribution in [1.29, 1.82) is 0 Å². The Morgan fingerprint density at radius 3 is 2.60 bits per heavy atom. The maximum atomic E-state index is 12.6. The van der Waals surface area contributed by atoms with Crippen LogP contribution >= 0.6 is 0 Å². The monoisotopic (exact) mass is 340 g/mol. The van der Waals surface area contributed by atoms with Gasteiger partial charge in [0.05, 0.1) is 0 Å². The number of rotatable bonds is 4. The smallest absolute Gasteiger partial charge is 0.253 e. The topological polar surface area (TPSA) is 32.3 Å². The van der Waals surface area contributed by atoms with Gasteiger partial charge in [-0.3, -0.25) is 4.79 Å². The Morgan fingerprint density at radius 2 is 1.96 bits per heavy atom. The van der Waals surface area contributed by atoms with Crippen molar-refractivity contribution in [3.63, 3.8) is 0 Å². The van der Waals surface area contributed by atoms with E-state index < -0.39 is 0 Å². The highest BCUT2D eigenvalue weighted by atomic mass is 16.2. The molecule has 2 aliphatic rings. The zero-order chi connectivity index (χ0) is 18.1. The molecule has 0 radical (unpaired) electrons. The quantitative estimate of drug-likeness (QED) is 0.809. The van der Waals surface area contributed by atoms with Gasteiger partial charge in [-0.1, -0.05) is 43.7 Å². The number of amides is 1. The fourth-order valence-electron chi connectivity index (χ4n) is 3.48. The number of benzene rings is 1. The predicted molar refractivity (Wildman–Crippen MR) is 107 cm³/mol. The fourth-order valence-corrected chi connectivity index (χ4v) is 3.48. The lowest BCUT2D eigenvalue weighted by Crippen LogP contribution is -2.38. The molecule has 3 nitrogen and oxygen atoms in total. The van der Waals surface area contributed by atoms with Crippen molar-refractivity contribution < 1.29 is 4.79 Å². The minimum absolute atomic E-state index is 0.164. The van der Waals surface area contributed by atoms with Gasteiger partial charge in [0, 0.05) is 31.4 Å². The number of carbonyl (C=O) groups is 1. The van der Waals surface area contributed by atoms with Crippen LogP contribution in [-0.4, -0.2) is 30.9 Å². The van der Waals surface area contributed by atoms with Crippen LogP contribution in [-0.2, 0) is 0 Å². The van der Waals surface area contributed by atoms with Crippen LogP contribution in [0.4, 0.5) is 5.69 Å². The van der Waals surface area contributed by atoms with Crippen molar-refractivity contribution in [1.82, 2.24) is 4.90 Å². The number of allylic oxidation sites excluding steroid dienone is 4. The third-order valence-electron chi connectivity index (χ3n) is 4.90. The summed E-state index contributed by atoms with van der Waals surface area (Å²) in [5, 5.41) is 3.09. The largest absolute Gasteiger partial charge is 0.388 e. The molecule has 1 aromatic carbocycles. The maximum Gasteiger partial charge on any atom is 0.253 e. The predicted octanol–water partition coefficient (Wildman–Crippen LogP) is 5.27. The third-order valence-corrected chi connectivity index (χ3v) is 4.90. The molecular weight excluding hydrogens is 308 g/mol. The number of hydrogen-bond donors (Lipinski definition) is 1. The Bertz CT molecular complexity index is 610. The van der Waals surface area contributed by atoms with Gasteiger partial charge in [0.2, 0.25) is 0 Å². The van der Waals surface area contributed by atoms with E-state index in [1.165, 1.54) is 24.8 Å². The van der Waals surface area contributed by atoms with E-state index in [0.29, 0.717) is 0 Å². The minimum atomic E-state index is 0.164. The Balaban J connectivity index is 0.00000109. The zero-order valence-corrected chi connectivity index (χ0v) is 15.9. The Hall–Kier alpha value is -2.03. The van der Waals surface area contributed by atoms with E-state index in [4.69, 9.17) is 0 Å². The summed E-state index contributed by atoms with van der Waals surface area (Å²) in [5.41, 5.74) is 3.26. The summed E-state index contributed by atoms with van der Waals surface area (Å²) in [7, 11) is 1.88. The number of piperidine rings is 1. The van der Waals surface area contributed by atoms with Gasteiger partial charge in [0.1, 0.15) is 0 Å². The van der Waals surface area contributed by atoms with Crippen LogP contribution in [0.3, 0.4) is 0 Å². The standard InChI is InChI=1S/C20H26N2O.C2H6/c1-21-19-9-5-8-18(15-19)20(23)22-12-10-17(11-13-22)14-16-6-3-2-4-7-16;1-2/h3,5-9,15,17,21H,2,4,10-14H2,1H3;1-2H3. The highest BCUT2D eigenvalue weighted by molar-refractivity contribution is 5.95. The molecule has 0 unspecified atom stereocenters. The lowest BCUT2D eigenvalue weighted by atomic mass is 9.88. The first-order valence-electron chi connectivity index (χ1n) is 9.69. The Kier molecular flexibility index (Phi) is 7.77. The summed E-state index contributed by atoms with van der Waals surface area (Å²) in [5.74, 6) is 0.883. The van der Waals surface area contributed by atoms with Crippen LogP contribution in [0.5, 0.6) is 0 Å². The van der Waals surface area contributed by atoms with E-state index in [9.17, 15) is 4.79 Å². The first-order valence-corrected chi connectivity index (χ1v) is 9.69. The summed E-state index contributed by atoms with van der Waals surface area (Å²) >= 11 is 0. The van der Waals surface area contributed by atoms with Crippen molar-refractivity contribution in [3.8, 4) is 0 Å². The maximum absolute atomic E-state index is 12.6. The van der Waals surface area contributed by atoms with Crippen molar-refractivity contribution in [2.75, 3.05) is 25.5 Å². The van der Waals surface area contributed by atoms with Gasteiger partial charge in [-0.25, -0.2) is 0 Å². The number of anilines is 1. The molecule has 1 saturated heterocycles. The lowest BCUT2D eigenvalue weighted by molar-refractivity contribution is 0.0691. The molecule has 3 heteroatoms. The van der Waals surface area contributed by atoms with E-state index in [1.54, 1.807) is 0 Å². The van der Waals surface area contributed by atoms with Crippen LogP contribution in [0.15, 0.2) is 48.1 Å². The normalized spacial score (nSPS) is 17.4. The molecule has 0 spiro atoms. The van der Waals surface area contributed by atoms with Crippen LogP contribution in [0.2, 0.25) is 0 Å². The second kappa shape index (κ2) is 10.1. The van der Waals surface area contributed by atoms with Gasteiger partial charge in [0.25, 0.3) is 5.91 Å². The molecule has 1 N–H and O–H groups in total. The first kappa shape index (κ1) is 19.3. The average molecular weight is 341 g/mol. The van der Waals surface area contributed by atoms with Crippen LogP contribution < -0.4 is 5.32 Å². The molecule has 1 aliphatic heterocycles. The number of carbonyl (C=O) groups excluding carboxylic acids is 1. The second-order valence-electron chi connectivity index (χ2n) is 6.53. The first-order chi connectivity index (χ1) is 12.3. The van der Waals surface area contributed by atoms with Gasteiger partial charge in [-0.15, -0.1) is 0 Å². The van der Waals surface area contributed by atoms with Crippen molar-refractivity contribution >= 4 is 11.6 Å². The molecule has 0 aromatic heterocycles. The molecule has 1 heterocycles. The lowest BCUT2D eigenvalue weighted by Gasteiger charge is -2.32. The molecule has 0 atom stereocenters. The van der Waals surface area contributed by atoms with E-state index in [2.05, 4.69) is 23.5 Å². The van der Waals surface area contributed by atoms with Crippen LogP contribution in [0.25, 0.3) is 0 Å². The van der Waals surface area contributed by atoms with E-state index in [-0.39, 0.29) is 5.91 Å². The summed E-state index contributed by atoms with van der Waals surface area (Å²) in [6.45, 7) is 5.76. The summed E-state index contributed by atoms with van der Waals surface area (Å²) in [6, 6.07) is 7.76. The highest BCUT2D eigenvalue weighted by Gasteiger charge is 2.24. The number of likely N-dealkylation sites (tertiary alicyclic amines) is 1. The van der Waals surface area contributed by atoms with E-state index in [0.717, 1.165) is 43.1 Å². The van der Waals surface area contributed by atoms with Gasteiger partial charge in [-0.2, -0.15) is 0 Å². The minimum Gasteiger partial charge on any atom is -0.388 e. The second-order valence-corrected chi connectivity index (χ2v) is 6.53. The van der Waals surface area contributed by atoms with Gasteiger partial charge in [0.15, 0.2) is 0 Å². The molecule has 1 fully saturated rings. The molecule has 1 amide bonds. The third kappa shape index (κ3) is 5.48. The average Bonchev–Trinajstić information content (AvgIpc) is 2.70. The molecule has 136 valence electrons. The number of nitrogens with zero attached hydrogens (tertiary/aromatic N) is 1. The van der Waals surface area contributed by atoms with Crippen molar-refractivity contribution in [2.24, 2.45) is 5.92 Å². The molecule has 3 rings (SSSR count). The van der Waals surface area contributed by atoms with Gasteiger partial charge < -0.3 is 10.2 Å². The Labute approximate surface area is 152 Å². The highest BCUT2D eigenvalue weighted by Crippen LogP contribution is 2.27. The van der Waals surface area contributed by atoms with Crippen molar-refractivity contribution in [2.45, 2.75) is 46.0 Å². The SMILES string of the molecule is CC.CNc1cccc(C(=O)N2CCC(CC3=CCCC=C3)CC2)c1. The summed E-state index contributed by atoms with van der Waals surface area (Å²) in [6.07, 6.45) is 12.7. The fraction of sp³-hybridized carbons (Fsp3) is 0.500. The molecule has 0 bridgehead atoms. The van der Waals surface area contributed by atoms with Crippen LogP contribution in [0, 0.1) is 5.92 Å². The van der Waals surface area contributed by atoms with Crippen molar-refractivity contribution in [3.05, 3.63) is 53.6 Å². The molecule has 1 aromatic rings. The summed E-state index contributed by atoms with van der Waals surface area (Å²) < 4.78 is 0. The van der Waals surface area contributed by atoms with E-state index in [1.807, 2.05) is 50.1 Å². The number of nitrogens with one attached hydrogen (secondary N) is 1. The molecule has 1 aliphatic carbocycles. The molecule has 0 saturated carbocycles. The van der Waals surface area contributed by atoms with E-state index >= 15 is 0 Å². The molecule has 25 heavy (non-hydrogen) atoms. The van der Waals surface area contributed by atoms with Gasteiger partial charge in [-0.05, 0) is 56.2 Å². The van der Waals surface area contributed by atoms with Gasteiger partial charge >= 0.3 is 0 Å². The Morgan fingerprint density at radius 1 is 1.20 bits per heavy atom. The molecular formula is C22H32N2O.